The first-order valence-corrected chi connectivity index (χ1v) is 6.76. The predicted molar refractivity (Wildman–Crippen MR) is 78.0 cm³/mol. The van der Waals surface area contributed by atoms with Crippen LogP contribution in [0.15, 0.2) is 30.6 Å². The van der Waals surface area contributed by atoms with E-state index < -0.39 is 17.7 Å². The third kappa shape index (κ3) is 3.81. The van der Waals surface area contributed by atoms with Gasteiger partial charge in [-0.3, -0.25) is 0 Å². The van der Waals surface area contributed by atoms with Crippen LogP contribution in [-0.4, -0.2) is 27.6 Å². The van der Waals surface area contributed by atoms with E-state index in [1.54, 1.807) is 31.5 Å². The van der Waals surface area contributed by atoms with Gasteiger partial charge in [0, 0.05) is 18.2 Å². The van der Waals surface area contributed by atoms with Gasteiger partial charge in [-0.05, 0) is 32.9 Å². The Morgan fingerprint density at radius 2 is 2.24 bits per heavy atom. The fourth-order valence-corrected chi connectivity index (χ4v) is 2.03. The zero-order chi connectivity index (χ0) is 15.5. The Labute approximate surface area is 123 Å². The highest BCUT2D eigenvalue weighted by molar-refractivity contribution is 5.70. The minimum atomic E-state index is -0.586. The van der Waals surface area contributed by atoms with Gasteiger partial charge in [-0.2, -0.15) is 5.10 Å². The lowest BCUT2D eigenvalue weighted by molar-refractivity contribution is -0.108. The van der Waals surface area contributed by atoms with Crippen molar-refractivity contribution in [3.05, 3.63) is 36.2 Å². The minimum Gasteiger partial charge on any atom is -0.444 e. The number of hydrogen-bond acceptors (Lipinski definition) is 4. The van der Waals surface area contributed by atoms with Crippen LogP contribution in [-0.2, 0) is 9.53 Å². The number of carbonyl (C=O) groups is 2. The van der Waals surface area contributed by atoms with Crippen molar-refractivity contribution in [1.82, 2.24) is 14.9 Å². The molecule has 1 atom stereocenters. The maximum Gasteiger partial charge on any atom is 0.408 e. The summed E-state index contributed by atoms with van der Waals surface area (Å²) in [7, 11) is 0. The second-order valence-electron chi connectivity index (χ2n) is 5.73. The Kier molecular flexibility index (Phi) is 4.26. The van der Waals surface area contributed by atoms with Gasteiger partial charge in [0.15, 0.2) is 0 Å². The van der Waals surface area contributed by atoms with Gasteiger partial charge in [0.2, 0.25) is 0 Å². The lowest BCUT2D eigenvalue weighted by Gasteiger charge is -2.22. The van der Waals surface area contributed by atoms with Gasteiger partial charge in [-0.15, -0.1) is 0 Å². The molecule has 0 aliphatic heterocycles. The molecule has 0 aliphatic rings. The fraction of sp³-hybridized carbons (Fsp3) is 0.400. The van der Waals surface area contributed by atoms with E-state index in [0.29, 0.717) is 0 Å². The van der Waals surface area contributed by atoms with Crippen LogP contribution in [0, 0.1) is 0 Å². The van der Waals surface area contributed by atoms with Crippen molar-refractivity contribution in [2.75, 3.05) is 0 Å². The number of nitrogens with zero attached hydrogens (tertiary/aromatic N) is 2. The molecule has 0 fully saturated rings. The van der Waals surface area contributed by atoms with E-state index in [1.165, 1.54) is 0 Å². The molecule has 0 bridgehead atoms. The largest absolute Gasteiger partial charge is 0.444 e. The zero-order valence-electron chi connectivity index (χ0n) is 12.4. The molecule has 0 saturated heterocycles. The summed E-state index contributed by atoms with van der Waals surface area (Å²) in [5.74, 6) is 0. The van der Waals surface area contributed by atoms with Crippen molar-refractivity contribution >= 4 is 17.9 Å². The Balaban J connectivity index is 2.23. The number of carbonyl (C=O) groups excluding carboxylic acids is 2. The van der Waals surface area contributed by atoms with Crippen LogP contribution >= 0.6 is 0 Å². The van der Waals surface area contributed by atoms with Gasteiger partial charge in [0.25, 0.3) is 0 Å². The van der Waals surface area contributed by atoms with Gasteiger partial charge < -0.3 is 14.8 Å². The summed E-state index contributed by atoms with van der Waals surface area (Å²) in [6.45, 7) is 5.36. The highest BCUT2D eigenvalue weighted by Crippen LogP contribution is 2.21. The quantitative estimate of drug-likeness (QED) is 0.878. The Hall–Kier alpha value is -2.37. The first-order valence-electron chi connectivity index (χ1n) is 6.76. The Morgan fingerprint density at radius 1 is 1.48 bits per heavy atom. The standard InChI is InChI=1S/C15H19N3O3/c1-15(2,3)21-14(20)17-12(7-9-19)11-10-16-18-8-5-4-6-13(11)18/h4-6,8-10,12H,7H2,1-3H3,(H,17,20)/t12-/m0/s1. The third-order valence-electron chi connectivity index (χ3n) is 2.85. The van der Waals surface area contributed by atoms with Gasteiger partial charge >= 0.3 is 6.09 Å². The van der Waals surface area contributed by atoms with E-state index in [4.69, 9.17) is 4.74 Å². The molecule has 2 aromatic heterocycles. The van der Waals surface area contributed by atoms with E-state index in [9.17, 15) is 9.59 Å². The molecule has 0 spiro atoms. The molecule has 112 valence electrons. The number of pyridine rings is 1. The molecule has 6 heteroatoms. The number of alkyl carbamates (subject to hydrolysis) is 1. The molecule has 0 unspecified atom stereocenters. The van der Waals surface area contributed by atoms with E-state index in [2.05, 4.69) is 10.4 Å². The van der Waals surface area contributed by atoms with E-state index in [-0.39, 0.29) is 6.42 Å². The van der Waals surface area contributed by atoms with Gasteiger partial charge in [0.1, 0.15) is 11.9 Å². The maximum atomic E-state index is 11.9. The molecule has 1 N–H and O–H groups in total. The summed E-state index contributed by atoms with van der Waals surface area (Å²) in [6.07, 6.45) is 3.85. The van der Waals surface area contributed by atoms with Crippen LogP contribution in [0.1, 0.15) is 38.8 Å². The van der Waals surface area contributed by atoms with Gasteiger partial charge in [-0.1, -0.05) is 6.07 Å². The van der Waals surface area contributed by atoms with Crippen molar-refractivity contribution in [3.63, 3.8) is 0 Å². The molecule has 2 rings (SSSR count). The number of fused-ring (bicyclic) bond motifs is 1. The fourth-order valence-electron chi connectivity index (χ4n) is 2.03. The average molecular weight is 289 g/mol. The van der Waals surface area contributed by atoms with E-state index in [0.717, 1.165) is 17.4 Å². The van der Waals surface area contributed by atoms with Gasteiger partial charge in [-0.25, -0.2) is 9.31 Å². The van der Waals surface area contributed by atoms with Crippen molar-refractivity contribution in [2.45, 2.75) is 38.8 Å². The number of amides is 1. The summed E-state index contributed by atoms with van der Waals surface area (Å²) < 4.78 is 6.93. The summed E-state index contributed by atoms with van der Waals surface area (Å²) in [4.78, 5) is 22.8. The topological polar surface area (TPSA) is 72.7 Å². The molecule has 21 heavy (non-hydrogen) atoms. The molecular formula is C15H19N3O3. The number of aldehydes is 1. The highest BCUT2D eigenvalue weighted by Gasteiger charge is 2.22. The number of hydrogen-bond donors (Lipinski definition) is 1. The molecule has 0 aliphatic carbocycles. The number of nitrogens with one attached hydrogen (secondary N) is 1. The predicted octanol–water partition coefficient (Wildman–Crippen LogP) is 2.49. The lowest BCUT2D eigenvalue weighted by Crippen LogP contribution is -2.35. The van der Waals surface area contributed by atoms with Crippen LogP contribution in [0.25, 0.3) is 5.52 Å². The van der Waals surface area contributed by atoms with Crippen LogP contribution in [0.2, 0.25) is 0 Å². The van der Waals surface area contributed by atoms with Crippen LogP contribution in [0.3, 0.4) is 0 Å². The molecule has 0 radical (unpaired) electrons. The van der Waals surface area contributed by atoms with Crippen molar-refractivity contribution < 1.29 is 14.3 Å². The number of rotatable bonds is 4. The Morgan fingerprint density at radius 3 is 2.90 bits per heavy atom. The monoisotopic (exact) mass is 289 g/mol. The molecule has 6 nitrogen and oxygen atoms in total. The molecule has 0 aromatic carbocycles. The SMILES string of the molecule is CC(C)(C)OC(=O)N[C@@H](CC=O)c1cnn2ccccc12. The van der Waals surface area contributed by atoms with Crippen molar-refractivity contribution in [3.8, 4) is 0 Å². The molecular weight excluding hydrogens is 270 g/mol. The number of ether oxygens (including phenoxy) is 1. The van der Waals surface area contributed by atoms with Crippen LogP contribution in [0.5, 0.6) is 0 Å². The van der Waals surface area contributed by atoms with Crippen molar-refractivity contribution in [1.29, 1.82) is 0 Å². The molecule has 1 amide bonds. The van der Waals surface area contributed by atoms with Crippen molar-refractivity contribution in [2.24, 2.45) is 0 Å². The summed E-state index contributed by atoms with van der Waals surface area (Å²) in [6, 6.07) is 5.17. The number of aromatic nitrogens is 2. The summed E-state index contributed by atoms with van der Waals surface area (Å²) in [5.41, 5.74) is 1.05. The first-order chi connectivity index (χ1) is 9.90. The lowest BCUT2D eigenvalue weighted by atomic mass is 10.1. The average Bonchev–Trinajstić information content (AvgIpc) is 2.79. The Bertz CT molecular complexity index is 643. The van der Waals surface area contributed by atoms with Gasteiger partial charge in [0.05, 0.1) is 17.8 Å². The highest BCUT2D eigenvalue weighted by atomic mass is 16.6. The first kappa shape index (κ1) is 15.0. The van der Waals surface area contributed by atoms with E-state index >= 15 is 0 Å². The second-order valence-corrected chi connectivity index (χ2v) is 5.73. The van der Waals surface area contributed by atoms with Crippen LogP contribution in [0.4, 0.5) is 4.79 Å². The van der Waals surface area contributed by atoms with Crippen LogP contribution < -0.4 is 5.32 Å². The minimum absolute atomic E-state index is 0.162. The summed E-state index contributed by atoms with van der Waals surface area (Å²) in [5, 5.41) is 6.94. The van der Waals surface area contributed by atoms with E-state index in [1.807, 2.05) is 24.4 Å². The molecule has 2 heterocycles. The molecule has 0 saturated carbocycles. The summed E-state index contributed by atoms with van der Waals surface area (Å²) >= 11 is 0. The second kappa shape index (κ2) is 5.95. The zero-order valence-corrected chi connectivity index (χ0v) is 12.4. The maximum absolute atomic E-state index is 11.9. The smallest absolute Gasteiger partial charge is 0.408 e. The third-order valence-corrected chi connectivity index (χ3v) is 2.85. The normalized spacial score (nSPS) is 12.9. The molecule has 2 aromatic rings.